The summed E-state index contributed by atoms with van der Waals surface area (Å²) >= 11 is 6.16. The third-order valence-corrected chi connectivity index (χ3v) is 2.99. The summed E-state index contributed by atoms with van der Waals surface area (Å²) in [5.41, 5.74) is 4.04. The van der Waals surface area contributed by atoms with Crippen LogP contribution in [0.4, 0.5) is 0 Å². The van der Waals surface area contributed by atoms with Gasteiger partial charge >= 0.3 is 0 Å². The van der Waals surface area contributed by atoms with Crippen molar-refractivity contribution in [3.8, 4) is 11.3 Å². The van der Waals surface area contributed by atoms with Crippen LogP contribution in [0.1, 0.15) is 30.9 Å². The van der Waals surface area contributed by atoms with Gasteiger partial charge in [-0.1, -0.05) is 25.4 Å². The molecule has 17 heavy (non-hydrogen) atoms. The highest BCUT2D eigenvalue weighted by Crippen LogP contribution is 2.32. The predicted molar refractivity (Wildman–Crippen MR) is 69.1 cm³/mol. The van der Waals surface area contributed by atoms with Crippen molar-refractivity contribution >= 4 is 11.6 Å². The summed E-state index contributed by atoms with van der Waals surface area (Å²) in [6, 6.07) is 1.96. The summed E-state index contributed by atoms with van der Waals surface area (Å²) in [7, 11) is 0. The molecule has 0 atom stereocenters. The monoisotopic (exact) mass is 247 g/mol. The van der Waals surface area contributed by atoms with Crippen LogP contribution in [0, 0.1) is 6.92 Å². The second-order valence-electron chi connectivity index (χ2n) is 4.27. The van der Waals surface area contributed by atoms with E-state index < -0.39 is 0 Å². The van der Waals surface area contributed by atoms with Crippen molar-refractivity contribution in [1.29, 1.82) is 0 Å². The fraction of sp³-hybridized carbons (Fsp3) is 0.308. The molecule has 0 aliphatic rings. The molecule has 0 saturated heterocycles. The summed E-state index contributed by atoms with van der Waals surface area (Å²) < 4.78 is 0. The van der Waals surface area contributed by atoms with Crippen molar-refractivity contribution in [1.82, 2.24) is 15.0 Å². The van der Waals surface area contributed by atoms with Gasteiger partial charge in [-0.3, -0.25) is 4.98 Å². The lowest BCUT2D eigenvalue weighted by atomic mass is 9.97. The van der Waals surface area contributed by atoms with E-state index in [9.17, 15) is 0 Å². The predicted octanol–water partition coefficient (Wildman–Crippen LogP) is 3.62. The second-order valence-corrected chi connectivity index (χ2v) is 4.63. The average molecular weight is 248 g/mol. The standard InChI is InChI=1S/C13H14ClN3/c1-8(2)11-12(16-7-17-13(11)14)10-4-5-15-6-9(10)3/h4-8H,1-3H3. The number of aromatic nitrogens is 3. The minimum Gasteiger partial charge on any atom is -0.264 e. The van der Waals surface area contributed by atoms with Gasteiger partial charge in [-0.15, -0.1) is 0 Å². The molecule has 0 spiro atoms. The Morgan fingerprint density at radius 3 is 2.65 bits per heavy atom. The fourth-order valence-corrected chi connectivity index (χ4v) is 2.19. The van der Waals surface area contributed by atoms with Crippen LogP contribution in [0.25, 0.3) is 11.3 Å². The number of halogens is 1. The highest BCUT2D eigenvalue weighted by molar-refractivity contribution is 6.30. The highest BCUT2D eigenvalue weighted by atomic mass is 35.5. The minimum absolute atomic E-state index is 0.284. The van der Waals surface area contributed by atoms with Gasteiger partial charge in [-0.25, -0.2) is 9.97 Å². The fourth-order valence-electron chi connectivity index (χ4n) is 1.84. The second kappa shape index (κ2) is 4.80. The molecule has 0 amide bonds. The van der Waals surface area contributed by atoms with E-state index in [1.165, 1.54) is 6.33 Å². The maximum absolute atomic E-state index is 6.16. The SMILES string of the molecule is Cc1cnccc1-c1ncnc(Cl)c1C(C)C. The first-order valence-corrected chi connectivity index (χ1v) is 5.90. The van der Waals surface area contributed by atoms with Crippen molar-refractivity contribution in [2.75, 3.05) is 0 Å². The zero-order valence-corrected chi connectivity index (χ0v) is 10.9. The molecule has 3 nitrogen and oxygen atoms in total. The Hall–Kier alpha value is -1.48. The molecule has 0 aliphatic carbocycles. The van der Waals surface area contributed by atoms with Gasteiger partial charge < -0.3 is 0 Å². The Labute approximate surface area is 106 Å². The third kappa shape index (κ3) is 2.29. The van der Waals surface area contributed by atoms with Gasteiger partial charge in [0.2, 0.25) is 0 Å². The zero-order chi connectivity index (χ0) is 12.4. The molecule has 0 unspecified atom stereocenters. The Kier molecular flexibility index (Phi) is 3.38. The minimum atomic E-state index is 0.284. The van der Waals surface area contributed by atoms with Gasteiger partial charge in [-0.05, 0) is 24.5 Å². The Balaban J connectivity index is 2.68. The van der Waals surface area contributed by atoms with Crippen LogP contribution in [-0.2, 0) is 0 Å². The van der Waals surface area contributed by atoms with E-state index in [-0.39, 0.29) is 5.92 Å². The third-order valence-electron chi connectivity index (χ3n) is 2.69. The number of hydrogen-bond donors (Lipinski definition) is 0. The summed E-state index contributed by atoms with van der Waals surface area (Å²) in [6.07, 6.45) is 5.10. The lowest BCUT2D eigenvalue weighted by Crippen LogP contribution is -2.00. The lowest BCUT2D eigenvalue weighted by Gasteiger charge is -2.14. The summed E-state index contributed by atoms with van der Waals surface area (Å²) in [6.45, 7) is 6.19. The van der Waals surface area contributed by atoms with Crippen molar-refractivity contribution in [3.63, 3.8) is 0 Å². The Morgan fingerprint density at radius 2 is 2.00 bits per heavy atom. The van der Waals surface area contributed by atoms with Crippen molar-refractivity contribution in [2.45, 2.75) is 26.7 Å². The Bertz CT molecular complexity index is 538. The number of nitrogens with zero attached hydrogens (tertiary/aromatic N) is 3. The first-order valence-electron chi connectivity index (χ1n) is 5.52. The van der Waals surface area contributed by atoms with Crippen LogP contribution < -0.4 is 0 Å². The molecule has 0 aliphatic heterocycles. The topological polar surface area (TPSA) is 38.7 Å². The molecule has 0 aromatic carbocycles. The van der Waals surface area contributed by atoms with Gasteiger partial charge in [0.15, 0.2) is 0 Å². The molecule has 0 bridgehead atoms. The van der Waals surface area contributed by atoms with Gasteiger partial charge in [-0.2, -0.15) is 0 Å². The van der Waals surface area contributed by atoms with E-state index in [0.717, 1.165) is 22.4 Å². The van der Waals surface area contributed by atoms with Crippen molar-refractivity contribution < 1.29 is 0 Å². The van der Waals surface area contributed by atoms with E-state index in [0.29, 0.717) is 5.15 Å². The zero-order valence-electron chi connectivity index (χ0n) is 10.1. The van der Waals surface area contributed by atoms with E-state index in [2.05, 4.69) is 28.8 Å². The Morgan fingerprint density at radius 1 is 1.24 bits per heavy atom. The summed E-state index contributed by atoms with van der Waals surface area (Å²) in [4.78, 5) is 12.5. The molecule has 2 heterocycles. The first-order chi connectivity index (χ1) is 8.11. The maximum atomic E-state index is 6.16. The molecule has 2 aromatic rings. The average Bonchev–Trinajstić information content (AvgIpc) is 2.28. The van der Waals surface area contributed by atoms with E-state index in [1.54, 1.807) is 6.20 Å². The van der Waals surface area contributed by atoms with Crippen LogP contribution in [-0.4, -0.2) is 15.0 Å². The van der Waals surface area contributed by atoms with Crippen LogP contribution in [0.5, 0.6) is 0 Å². The largest absolute Gasteiger partial charge is 0.264 e. The summed E-state index contributed by atoms with van der Waals surface area (Å²) in [5.74, 6) is 0.284. The first kappa shape index (κ1) is 12.0. The van der Waals surface area contributed by atoms with Crippen LogP contribution in [0.3, 0.4) is 0 Å². The maximum Gasteiger partial charge on any atom is 0.136 e. The number of rotatable bonds is 2. The molecular formula is C13H14ClN3. The quantitative estimate of drug-likeness (QED) is 0.761. The molecule has 88 valence electrons. The number of aryl methyl sites for hydroxylation is 1. The van der Waals surface area contributed by atoms with Crippen molar-refractivity contribution in [2.24, 2.45) is 0 Å². The van der Waals surface area contributed by atoms with Crippen LogP contribution >= 0.6 is 11.6 Å². The molecular weight excluding hydrogens is 234 g/mol. The number of pyridine rings is 1. The molecule has 0 radical (unpaired) electrons. The van der Waals surface area contributed by atoms with Crippen LogP contribution in [0.2, 0.25) is 5.15 Å². The van der Waals surface area contributed by atoms with Crippen LogP contribution in [0.15, 0.2) is 24.8 Å². The highest BCUT2D eigenvalue weighted by Gasteiger charge is 2.16. The van der Waals surface area contributed by atoms with Gasteiger partial charge in [0.05, 0.1) is 5.69 Å². The van der Waals surface area contributed by atoms with E-state index in [1.807, 2.05) is 19.2 Å². The molecule has 0 saturated carbocycles. The van der Waals surface area contributed by atoms with Gasteiger partial charge in [0.1, 0.15) is 11.5 Å². The molecule has 2 rings (SSSR count). The normalized spacial score (nSPS) is 10.9. The smallest absolute Gasteiger partial charge is 0.136 e. The molecule has 0 fully saturated rings. The van der Waals surface area contributed by atoms with Gasteiger partial charge in [0, 0.05) is 23.5 Å². The lowest BCUT2D eigenvalue weighted by molar-refractivity contribution is 0.849. The van der Waals surface area contributed by atoms with E-state index >= 15 is 0 Å². The van der Waals surface area contributed by atoms with Crippen molar-refractivity contribution in [3.05, 3.63) is 41.1 Å². The summed E-state index contributed by atoms with van der Waals surface area (Å²) in [5, 5.41) is 0.529. The number of hydrogen-bond acceptors (Lipinski definition) is 3. The molecule has 0 N–H and O–H groups in total. The van der Waals surface area contributed by atoms with Gasteiger partial charge in [0.25, 0.3) is 0 Å². The van der Waals surface area contributed by atoms with E-state index in [4.69, 9.17) is 11.6 Å². The molecule has 4 heteroatoms. The molecule has 2 aromatic heterocycles.